The van der Waals surface area contributed by atoms with Crippen LogP contribution < -0.4 is 0 Å². The molecule has 0 heterocycles. The largest absolute Gasteiger partial charge is 0.481 e. The first-order valence-electron chi connectivity index (χ1n) is 5.34. The molecule has 0 unspecified atom stereocenters. The molecular formula is C13H14F2O2. The van der Waals surface area contributed by atoms with E-state index in [1.165, 1.54) is 12.1 Å². The molecule has 0 saturated carbocycles. The number of hydrogen-bond donors (Lipinski definition) is 1. The van der Waals surface area contributed by atoms with E-state index in [0.29, 0.717) is 18.4 Å². The lowest BCUT2D eigenvalue weighted by molar-refractivity contribution is -0.137. The third-order valence-electron chi connectivity index (χ3n) is 2.36. The molecule has 0 aliphatic carbocycles. The normalized spacial score (nSPS) is 11.6. The number of aliphatic carboxylic acids is 1. The number of benzene rings is 1. The average molecular weight is 240 g/mol. The first-order chi connectivity index (χ1) is 7.99. The van der Waals surface area contributed by atoms with Gasteiger partial charge in [-0.3, -0.25) is 4.79 Å². The summed E-state index contributed by atoms with van der Waals surface area (Å²) in [6.45, 7) is 1.75. The van der Waals surface area contributed by atoms with Crippen molar-refractivity contribution in [2.45, 2.75) is 26.2 Å². The zero-order chi connectivity index (χ0) is 12.8. The van der Waals surface area contributed by atoms with Crippen molar-refractivity contribution in [2.75, 3.05) is 0 Å². The van der Waals surface area contributed by atoms with Crippen LogP contribution in [0.4, 0.5) is 8.78 Å². The molecule has 0 amide bonds. The molecule has 1 aromatic carbocycles. The summed E-state index contributed by atoms with van der Waals surface area (Å²) in [7, 11) is 0. The third-order valence-corrected chi connectivity index (χ3v) is 2.36. The van der Waals surface area contributed by atoms with E-state index in [1.54, 1.807) is 13.0 Å². The van der Waals surface area contributed by atoms with Crippen molar-refractivity contribution in [3.05, 3.63) is 41.5 Å². The molecule has 1 rings (SSSR count). The number of hydrogen-bond acceptors (Lipinski definition) is 1. The Labute approximate surface area is 98.6 Å². The van der Waals surface area contributed by atoms with Crippen LogP contribution in [0.15, 0.2) is 24.3 Å². The Morgan fingerprint density at radius 2 is 1.88 bits per heavy atom. The highest BCUT2D eigenvalue weighted by atomic mass is 19.1. The Kier molecular flexibility index (Phi) is 4.82. The van der Waals surface area contributed by atoms with Crippen LogP contribution in [-0.2, 0) is 4.79 Å². The molecule has 0 aliphatic rings. The minimum Gasteiger partial charge on any atom is -0.481 e. The van der Waals surface area contributed by atoms with Crippen LogP contribution in [-0.4, -0.2) is 11.1 Å². The van der Waals surface area contributed by atoms with Crippen LogP contribution in [0, 0.1) is 11.6 Å². The summed E-state index contributed by atoms with van der Waals surface area (Å²) in [6.07, 6.45) is 2.99. The first kappa shape index (κ1) is 13.4. The average Bonchev–Trinajstić information content (AvgIpc) is 2.22. The van der Waals surface area contributed by atoms with Gasteiger partial charge in [-0.05, 0) is 43.0 Å². The Morgan fingerprint density at radius 1 is 1.29 bits per heavy atom. The van der Waals surface area contributed by atoms with Crippen molar-refractivity contribution in [3.63, 3.8) is 0 Å². The minimum absolute atomic E-state index is 0.0985. The van der Waals surface area contributed by atoms with Gasteiger partial charge in [-0.15, -0.1) is 0 Å². The fraction of sp³-hybridized carbons (Fsp3) is 0.308. The summed E-state index contributed by atoms with van der Waals surface area (Å²) in [5.74, 6) is -2.07. The molecule has 0 radical (unpaired) electrons. The van der Waals surface area contributed by atoms with Gasteiger partial charge in [-0.2, -0.15) is 0 Å². The summed E-state index contributed by atoms with van der Waals surface area (Å²) in [5, 5.41) is 8.45. The molecule has 17 heavy (non-hydrogen) atoms. The van der Waals surface area contributed by atoms with Crippen LogP contribution in [0.2, 0.25) is 0 Å². The smallest absolute Gasteiger partial charge is 0.303 e. The van der Waals surface area contributed by atoms with Gasteiger partial charge in [0, 0.05) is 12.5 Å². The van der Waals surface area contributed by atoms with Crippen molar-refractivity contribution >= 4 is 11.5 Å². The van der Waals surface area contributed by atoms with Crippen molar-refractivity contribution in [2.24, 2.45) is 0 Å². The topological polar surface area (TPSA) is 37.3 Å². The fourth-order valence-corrected chi connectivity index (χ4v) is 1.47. The second-order valence-corrected chi connectivity index (χ2v) is 3.83. The zero-order valence-corrected chi connectivity index (χ0v) is 9.54. The maximum absolute atomic E-state index is 12.9. The van der Waals surface area contributed by atoms with Gasteiger partial charge >= 0.3 is 5.97 Å². The zero-order valence-electron chi connectivity index (χ0n) is 9.54. The molecule has 2 nitrogen and oxygen atoms in total. The first-order valence-corrected chi connectivity index (χ1v) is 5.34. The summed E-state index contributed by atoms with van der Waals surface area (Å²) in [4.78, 5) is 10.3. The molecule has 4 heteroatoms. The van der Waals surface area contributed by atoms with Gasteiger partial charge in [0.25, 0.3) is 0 Å². The van der Waals surface area contributed by atoms with Crippen molar-refractivity contribution in [1.29, 1.82) is 0 Å². The summed E-state index contributed by atoms with van der Waals surface area (Å²) in [5.41, 5.74) is 1.23. The van der Waals surface area contributed by atoms with Gasteiger partial charge in [0.05, 0.1) is 0 Å². The number of unbranched alkanes of at least 4 members (excludes halogenated alkanes) is 1. The van der Waals surface area contributed by atoms with E-state index in [0.717, 1.165) is 11.6 Å². The van der Waals surface area contributed by atoms with Gasteiger partial charge in [0.2, 0.25) is 0 Å². The van der Waals surface area contributed by atoms with Gasteiger partial charge in [-0.25, -0.2) is 8.78 Å². The van der Waals surface area contributed by atoms with E-state index in [1.807, 2.05) is 0 Å². The summed E-state index contributed by atoms with van der Waals surface area (Å²) in [6, 6.07) is 3.33. The van der Waals surface area contributed by atoms with Crippen LogP contribution >= 0.6 is 0 Å². The van der Waals surface area contributed by atoms with E-state index in [4.69, 9.17) is 5.11 Å². The Balaban J connectivity index is 2.64. The Bertz CT molecular complexity index is 419. The Morgan fingerprint density at radius 3 is 2.41 bits per heavy atom. The standard InChI is InChI=1S/C13H14F2O2/c1-9(4-2-3-5-13(16)17)10-6-11(14)8-12(15)7-10/h4,6-8H,2-3,5H2,1H3,(H,16,17)/b9-4+. The minimum atomic E-state index is -0.840. The molecule has 0 aliphatic heterocycles. The van der Waals surface area contributed by atoms with E-state index < -0.39 is 17.6 Å². The maximum atomic E-state index is 12.9. The van der Waals surface area contributed by atoms with E-state index in [9.17, 15) is 13.6 Å². The monoisotopic (exact) mass is 240 g/mol. The van der Waals surface area contributed by atoms with Crippen molar-refractivity contribution < 1.29 is 18.7 Å². The van der Waals surface area contributed by atoms with E-state index in [-0.39, 0.29) is 6.42 Å². The van der Waals surface area contributed by atoms with Crippen LogP contribution in [0.5, 0.6) is 0 Å². The molecule has 0 saturated heterocycles. The molecular weight excluding hydrogens is 226 g/mol. The molecule has 0 fully saturated rings. The number of carboxylic acids is 1. The van der Waals surface area contributed by atoms with Gasteiger partial charge < -0.3 is 5.11 Å². The van der Waals surface area contributed by atoms with Crippen LogP contribution in [0.25, 0.3) is 5.57 Å². The SMILES string of the molecule is C/C(=C\CCCC(=O)O)c1cc(F)cc(F)c1. The highest BCUT2D eigenvalue weighted by Crippen LogP contribution is 2.18. The molecule has 0 atom stereocenters. The van der Waals surface area contributed by atoms with Crippen LogP contribution in [0.3, 0.4) is 0 Å². The lowest BCUT2D eigenvalue weighted by Crippen LogP contribution is -1.93. The van der Waals surface area contributed by atoms with E-state index in [2.05, 4.69) is 0 Å². The second-order valence-electron chi connectivity index (χ2n) is 3.83. The highest BCUT2D eigenvalue weighted by Gasteiger charge is 2.02. The quantitative estimate of drug-likeness (QED) is 0.798. The Hall–Kier alpha value is -1.71. The van der Waals surface area contributed by atoms with Crippen molar-refractivity contribution in [1.82, 2.24) is 0 Å². The van der Waals surface area contributed by atoms with Crippen molar-refractivity contribution in [3.8, 4) is 0 Å². The molecule has 1 aromatic rings. The summed E-state index contributed by atoms with van der Waals surface area (Å²) < 4.78 is 25.9. The number of halogens is 2. The van der Waals surface area contributed by atoms with Gasteiger partial charge in [-0.1, -0.05) is 6.08 Å². The molecule has 0 spiro atoms. The number of carbonyl (C=O) groups is 1. The van der Waals surface area contributed by atoms with Crippen LogP contribution in [0.1, 0.15) is 31.7 Å². The predicted octanol–water partition coefficient (Wildman–Crippen LogP) is 3.62. The third kappa shape index (κ3) is 4.76. The molecule has 92 valence electrons. The molecule has 0 bridgehead atoms. The summed E-state index contributed by atoms with van der Waals surface area (Å²) >= 11 is 0. The number of allylic oxidation sites excluding steroid dienone is 2. The fourth-order valence-electron chi connectivity index (χ4n) is 1.47. The van der Waals surface area contributed by atoms with E-state index >= 15 is 0 Å². The lowest BCUT2D eigenvalue weighted by atomic mass is 10.1. The maximum Gasteiger partial charge on any atom is 0.303 e. The number of rotatable bonds is 5. The van der Waals surface area contributed by atoms with Gasteiger partial charge in [0.15, 0.2) is 0 Å². The molecule has 1 N–H and O–H groups in total. The van der Waals surface area contributed by atoms with Gasteiger partial charge in [0.1, 0.15) is 11.6 Å². The second kappa shape index (κ2) is 6.13. The highest BCUT2D eigenvalue weighted by molar-refractivity contribution is 5.67. The number of carboxylic acid groups (broad SMARTS) is 1. The predicted molar refractivity (Wildman–Crippen MR) is 61.5 cm³/mol. The lowest BCUT2D eigenvalue weighted by Gasteiger charge is -2.02. The molecule has 0 aromatic heterocycles.